The summed E-state index contributed by atoms with van der Waals surface area (Å²) in [6.07, 6.45) is 2.95. The summed E-state index contributed by atoms with van der Waals surface area (Å²) in [6.45, 7) is 2.21. The Kier molecular flexibility index (Phi) is 4.44. The van der Waals surface area contributed by atoms with Crippen LogP contribution in [0.3, 0.4) is 0 Å². The molecule has 1 saturated heterocycles. The number of carbonyl (C=O) groups excluding carboxylic acids is 1. The van der Waals surface area contributed by atoms with Gasteiger partial charge in [-0.1, -0.05) is 23.7 Å². The van der Waals surface area contributed by atoms with E-state index in [2.05, 4.69) is 20.3 Å². The normalized spacial score (nSPS) is 17.6. The van der Waals surface area contributed by atoms with Crippen molar-refractivity contribution in [1.29, 1.82) is 0 Å². The zero-order valence-corrected chi connectivity index (χ0v) is 14.7. The van der Waals surface area contributed by atoms with Crippen LogP contribution in [-0.4, -0.2) is 50.0 Å². The van der Waals surface area contributed by atoms with Crippen LogP contribution in [0.15, 0.2) is 36.9 Å². The molecule has 1 fully saturated rings. The fourth-order valence-corrected chi connectivity index (χ4v) is 3.46. The minimum absolute atomic E-state index is 0.00652. The first-order valence-corrected chi connectivity index (χ1v) is 8.68. The van der Waals surface area contributed by atoms with Gasteiger partial charge in [-0.05, 0) is 17.7 Å². The molecule has 3 heterocycles. The van der Waals surface area contributed by atoms with E-state index >= 15 is 0 Å². The molecule has 0 spiro atoms. The van der Waals surface area contributed by atoms with Gasteiger partial charge in [-0.2, -0.15) is 0 Å². The third kappa shape index (κ3) is 3.09. The Morgan fingerprint density at radius 3 is 3.08 bits per heavy atom. The van der Waals surface area contributed by atoms with Crippen LogP contribution in [0, 0.1) is 0 Å². The summed E-state index contributed by atoms with van der Waals surface area (Å²) in [5.74, 6) is 0.299. The predicted molar refractivity (Wildman–Crippen MR) is 98.5 cm³/mol. The van der Waals surface area contributed by atoms with Crippen molar-refractivity contribution in [3.8, 4) is 0 Å². The minimum Gasteiger partial charge on any atom is -0.382 e. The van der Waals surface area contributed by atoms with Crippen LogP contribution in [0.4, 0.5) is 5.82 Å². The highest BCUT2D eigenvalue weighted by atomic mass is 35.5. The molecule has 3 aromatic rings. The SMILES string of the molecule is Nc1ncnc2c1ncn2CC(=O)N1CCNCC1c1cccc(Cl)c1. The molecule has 1 unspecified atom stereocenters. The highest BCUT2D eigenvalue weighted by Gasteiger charge is 2.28. The van der Waals surface area contributed by atoms with E-state index in [1.54, 1.807) is 10.9 Å². The molecule has 4 rings (SSSR count). The van der Waals surface area contributed by atoms with E-state index < -0.39 is 0 Å². The van der Waals surface area contributed by atoms with Crippen molar-refractivity contribution < 1.29 is 4.79 Å². The largest absolute Gasteiger partial charge is 0.382 e. The number of amides is 1. The second kappa shape index (κ2) is 6.89. The number of hydrogen-bond acceptors (Lipinski definition) is 6. The number of fused-ring (bicyclic) bond motifs is 1. The van der Waals surface area contributed by atoms with Gasteiger partial charge >= 0.3 is 0 Å². The lowest BCUT2D eigenvalue weighted by Crippen LogP contribution is -2.49. The van der Waals surface area contributed by atoms with Gasteiger partial charge in [0, 0.05) is 24.7 Å². The average molecular weight is 372 g/mol. The van der Waals surface area contributed by atoms with E-state index in [0.29, 0.717) is 35.1 Å². The van der Waals surface area contributed by atoms with Gasteiger partial charge in [0.25, 0.3) is 0 Å². The molecule has 0 aliphatic carbocycles. The van der Waals surface area contributed by atoms with Crippen molar-refractivity contribution in [2.45, 2.75) is 12.6 Å². The van der Waals surface area contributed by atoms with Crippen LogP contribution in [0.5, 0.6) is 0 Å². The molecule has 1 aliphatic heterocycles. The van der Waals surface area contributed by atoms with Gasteiger partial charge in [0.1, 0.15) is 18.4 Å². The Balaban J connectivity index is 1.60. The second-order valence-corrected chi connectivity index (χ2v) is 6.60. The van der Waals surface area contributed by atoms with Crippen LogP contribution in [-0.2, 0) is 11.3 Å². The van der Waals surface area contributed by atoms with E-state index in [0.717, 1.165) is 12.1 Å². The van der Waals surface area contributed by atoms with E-state index in [4.69, 9.17) is 17.3 Å². The maximum atomic E-state index is 13.0. The third-order valence-corrected chi connectivity index (χ3v) is 4.77. The Labute approximate surface area is 155 Å². The predicted octanol–water partition coefficient (Wildman–Crippen LogP) is 1.24. The number of benzene rings is 1. The van der Waals surface area contributed by atoms with Gasteiger partial charge in [0.05, 0.1) is 12.4 Å². The number of halogens is 1. The molecule has 1 aliphatic rings. The number of aromatic nitrogens is 4. The maximum Gasteiger partial charge on any atom is 0.243 e. The molecular formula is C17H18ClN7O. The van der Waals surface area contributed by atoms with Crippen molar-refractivity contribution in [2.24, 2.45) is 0 Å². The molecule has 0 saturated carbocycles. The lowest BCUT2D eigenvalue weighted by atomic mass is 10.0. The van der Waals surface area contributed by atoms with E-state index in [1.165, 1.54) is 6.33 Å². The zero-order chi connectivity index (χ0) is 18.1. The summed E-state index contributed by atoms with van der Waals surface area (Å²) in [5, 5.41) is 4.00. The number of nitrogens with one attached hydrogen (secondary N) is 1. The molecule has 134 valence electrons. The van der Waals surface area contributed by atoms with Gasteiger partial charge in [-0.25, -0.2) is 15.0 Å². The summed E-state index contributed by atoms with van der Waals surface area (Å²) in [6, 6.07) is 7.56. The molecule has 1 amide bonds. The van der Waals surface area contributed by atoms with Crippen molar-refractivity contribution in [1.82, 2.24) is 29.7 Å². The van der Waals surface area contributed by atoms with Crippen LogP contribution in [0.2, 0.25) is 5.02 Å². The van der Waals surface area contributed by atoms with Crippen molar-refractivity contribution in [3.63, 3.8) is 0 Å². The van der Waals surface area contributed by atoms with Crippen molar-refractivity contribution in [3.05, 3.63) is 47.5 Å². The molecule has 3 N–H and O–H groups in total. The van der Waals surface area contributed by atoms with Gasteiger partial charge < -0.3 is 20.5 Å². The van der Waals surface area contributed by atoms with Crippen LogP contribution in [0.1, 0.15) is 11.6 Å². The summed E-state index contributed by atoms with van der Waals surface area (Å²) in [4.78, 5) is 27.2. The molecule has 0 radical (unpaired) electrons. The Morgan fingerprint density at radius 2 is 2.23 bits per heavy atom. The Hall–Kier alpha value is -2.71. The maximum absolute atomic E-state index is 13.0. The van der Waals surface area contributed by atoms with Gasteiger partial charge in [0.15, 0.2) is 11.5 Å². The number of piperazine rings is 1. The lowest BCUT2D eigenvalue weighted by molar-refractivity contribution is -0.135. The highest BCUT2D eigenvalue weighted by Crippen LogP contribution is 2.25. The summed E-state index contributed by atoms with van der Waals surface area (Å²) < 4.78 is 1.70. The molecule has 9 heteroatoms. The Morgan fingerprint density at radius 1 is 1.35 bits per heavy atom. The van der Waals surface area contributed by atoms with Crippen LogP contribution < -0.4 is 11.1 Å². The smallest absolute Gasteiger partial charge is 0.243 e. The summed E-state index contributed by atoms with van der Waals surface area (Å²) in [5.41, 5.74) is 7.89. The number of carbonyl (C=O) groups is 1. The number of rotatable bonds is 3. The van der Waals surface area contributed by atoms with E-state index in [1.807, 2.05) is 29.2 Å². The lowest BCUT2D eigenvalue weighted by Gasteiger charge is -2.36. The van der Waals surface area contributed by atoms with Crippen molar-refractivity contribution >= 4 is 34.5 Å². The molecule has 0 bridgehead atoms. The van der Waals surface area contributed by atoms with Gasteiger partial charge in [0.2, 0.25) is 5.91 Å². The molecule has 1 atom stereocenters. The van der Waals surface area contributed by atoms with E-state index in [-0.39, 0.29) is 18.5 Å². The van der Waals surface area contributed by atoms with E-state index in [9.17, 15) is 4.79 Å². The van der Waals surface area contributed by atoms with Crippen molar-refractivity contribution in [2.75, 3.05) is 25.4 Å². The molecular weight excluding hydrogens is 354 g/mol. The zero-order valence-electron chi connectivity index (χ0n) is 14.0. The number of nitrogens with zero attached hydrogens (tertiary/aromatic N) is 5. The van der Waals surface area contributed by atoms with Crippen LogP contribution in [0.25, 0.3) is 11.2 Å². The topological polar surface area (TPSA) is 102 Å². The number of nitrogen functional groups attached to an aromatic ring is 1. The van der Waals surface area contributed by atoms with Gasteiger partial charge in [-0.15, -0.1) is 0 Å². The van der Waals surface area contributed by atoms with Gasteiger partial charge in [-0.3, -0.25) is 4.79 Å². The third-order valence-electron chi connectivity index (χ3n) is 4.53. The minimum atomic E-state index is -0.0653. The summed E-state index contributed by atoms with van der Waals surface area (Å²) >= 11 is 6.12. The molecule has 2 aromatic heterocycles. The second-order valence-electron chi connectivity index (χ2n) is 6.17. The number of hydrogen-bond donors (Lipinski definition) is 2. The first-order valence-electron chi connectivity index (χ1n) is 8.30. The fraction of sp³-hybridized carbons (Fsp3) is 0.294. The molecule has 26 heavy (non-hydrogen) atoms. The number of nitrogens with two attached hydrogens (primary N) is 1. The first-order chi connectivity index (χ1) is 12.6. The number of anilines is 1. The first kappa shape index (κ1) is 16.7. The number of imidazole rings is 1. The molecule has 8 nitrogen and oxygen atoms in total. The molecule has 1 aromatic carbocycles. The highest BCUT2D eigenvalue weighted by molar-refractivity contribution is 6.30. The quantitative estimate of drug-likeness (QED) is 0.718. The average Bonchev–Trinajstić information content (AvgIpc) is 3.06. The fourth-order valence-electron chi connectivity index (χ4n) is 3.27. The Bertz CT molecular complexity index is 957. The van der Waals surface area contributed by atoms with Crippen LogP contribution >= 0.6 is 11.6 Å². The summed E-state index contributed by atoms with van der Waals surface area (Å²) in [7, 11) is 0. The monoisotopic (exact) mass is 371 g/mol. The standard InChI is InChI=1S/C17H18ClN7O/c18-12-3-1-2-11(6-12)13-7-20-4-5-25(13)14(26)8-24-10-23-15-16(19)21-9-22-17(15)24/h1-3,6,9-10,13,20H,4-5,7-8H2,(H2,19,21,22).